The summed E-state index contributed by atoms with van der Waals surface area (Å²) in [5.41, 5.74) is 1.36. The van der Waals surface area contributed by atoms with Crippen molar-refractivity contribution in [2.24, 2.45) is 0 Å². The second-order valence-electron chi connectivity index (χ2n) is 8.41. The first kappa shape index (κ1) is 29.9. The van der Waals surface area contributed by atoms with E-state index in [1.54, 1.807) is 0 Å². The molecule has 0 aromatic heterocycles. The zero-order valence-electron chi connectivity index (χ0n) is 20.9. The molecule has 1 aromatic carbocycles. The molecule has 0 aliphatic carbocycles. The summed E-state index contributed by atoms with van der Waals surface area (Å²) in [7, 11) is 0. The number of hydrogen-bond acceptors (Lipinski definition) is 6. The number of hydrogen-bond donors (Lipinski definition) is 1. The molecule has 0 spiro atoms. The van der Waals surface area contributed by atoms with E-state index in [1.165, 1.54) is 50.5 Å². The van der Waals surface area contributed by atoms with Gasteiger partial charge in [0.25, 0.3) is 0 Å². The van der Waals surface area contributed by atoms with Crippen molar-refractivity contribution in [1.82, 2.24) is 0 Å². The molecule has 34 heavy (non-hydrogen) atoms. The van der Waals surface area contributed by atoms with Gasteiger partial charge in [0.2, 0.25) is 0 Å². The molecule has 0 aliphatic rings. The number of carbonyl (C=O) groups excluding carboxylic acids is 1. The highest BCUT2D eigenvalue weighted by atomic mass is 16.6. The minimum atomic E-state index is -0.849. The van der Waals surface area contributed by atoms with Gasteiger partial charge < -0.3 is 24.1 Å². The van der Waals surface area contributed by atoms with Gasteiger partial charge in [0.15, 0.2) is 0 Å². The minimum Gasteiger partial charge on any atom is -0.491 e. The number of rotatable bonds is 23. The molecule has 1 rings (SSSR count). The van der Waals surface area contributed by atoms with E-state index in [0.29, 0.717) is 45.9 Å². The molecule has 0 bridgehead atoms. The Bertz CT molecular complexity index is 630. The first-order chi connectivity index (χ1) is 16.6. The molecule has 1 aromatic rings. The lowest BCUT2D eigenvalue weighted by Crippen LogP contribution is -2.14. The van der Waals surface area contributed by atoms with Gasteiger partial charge in [-0.05, 0) is 43.4 Å². The van der Waals surface area contributed by atoms with E-state index in [4.69, 9.17) is 24.1 Å². The summed E-state index contributed by atoms with van der Waals surface area (Å²) in [6, 6.07) is 8.33. The second-order valence-corrected chi connectivity index (χ2v) is 8.41. The average molecular weight is 481 g/mol. The molecule has 0 heterocycles. The van der Waals surface area contributed by atoms with E-state index >= 15 is 0 Å². The lowest BCUT2D eigenvalue weighted by Gasteiger charge is -2.09. The third-order valence-corrected chi connectivity index (χ3v) is 5.37. The van der Waals surface area contributed by atoms with Gasteiger partial charge in [-0.15, -0.1) is 0 Å². The molecule has 194 valence electrons. The Morgan fingerprint density at radius 1 is 0.706 bits per heavy atom. The van der Waals surface area contributed by atoms with Crippen molar-refractivity contribution < 1.29 is 33.6 Å². The van der Waals surface area contributed by atoms with Crippen molar-refractivity contribution in [2.75, 3.05) is 39.6 Å². The number of benzene rings is 1. The Labute approximate surface area is 205 Å². The molecule has 0 aliphatic heterocycles. The number of aliphatic carboxylic acids is 1. The molecule has 7 nitrogen and oxygen atoms in total. The van der Waals surface area contributed by atoms with Gasteiger partial charge in [-0.2, -0.15) is 0 Å². The van der Waals surface area contributed by atoms with E-state index < -0.39 is 5.97 Å². The summed E-state index contributed by atoms with van der Waals surface area (Å²) in [6.07, 6.45) is 11.7. The van der Waals surface area contributed by atoms with E-state index in [-0.39, 0.29) is 25.4 Å². The maximum absolute atomic E-state index is 11.5. The Morgan fingerprint density at radius 3 is 1.97 bits per heavy atom. The number of carboxylic acid groups (broad SMARTS) is 1. The van der Waals surface area contributed by atoms with Crippen LogP contribution in [-0.2, 0) is 30.2 Å². The van der Waals surface area contributed by atoms with Gasteiger partial charge in [-0.25, -0.2) is 0 Å². The van der Waals surface area contributed by atoms with Crippen molar-refractivity contribution >= 4 is 11.9 Å². The lowest BCUT2D eigenvalue weighted by atomic mass is 10.0. The van der Waals surface area contributed by atoms with Crippen molar-refractivity contribution in [1.29, 1.82) is 0 Å². The summed E-state index contributed by atoms with van der Waals surface area (Å²) >= 11 is 0. The molecular formula is C27H44O7. The predicted octanol–water partition coefficient (Wildman–Crippen LogP) is 5.58. The fraction of sp³-hybridized carbons (Fsp3) is 0.704. The second kappa shape index (κ2) is 21.4. The van der Waals surface area contributed by atoms with Crippen LogP contribution in [0.3, 0.4) is 0 Å². The molecule has 0 amide bonds. The standard InChI is InChI=1S/C27H44O7/c1-2-3-4-5-6-7-8-11-24-14-16-25(17-15-24)33-22-20-31-18-19-32-21-23-34-27(30)13-10-9-12-26(28)29/h14-17H,2-13,18-23H2,1H3,(H,28,29). The van der Waals surface area contributed by atoms with Crippen LogP contribution in [0.1, 0.15) is 83.1 Å². The van der Waals surface area contributed by atoms with Crippen LogP contribution in [0.15, 0.2) is 24.3 Å². The smallest absolute Gasteiger partial charge is 0.305 e. The molecule has 0 atom stereocenters. The quantitative estimate of drug-likeness (QED) is 0.161. The average Bonchev–Trinajstić information content (AvgIpc) is 2.83. The van der Waals surface area contributed by atoms with Gasteiger partial charge in [0, 0.05) is 12.8 Å². The summed E-state index contributed by atoms with van der Waals surface area (Å²) in [5, 5.41) is 8.53. The van der Waals surface area contributed by atoms with Crippen LogP contribution in [0.2, 0.25) is 0 Å². The van der Waals surface area contributed by atoms with E-state index in [9.17, 15) is 9.59 Å². The molecule has 0 radical (unpaired) electrons. The van der Waals surface area contributed by atoms with Crippen molar-refractivity contribution in [3.05, 3.63) is 29.8 Å². The zero-order chi connectivity index (χ0) is 24.7. The molecular weight excluding hydrogens is 436 g/mol. The monoisotopic (exact) mass is 480 g/mol. The van der Waals surface area contributed by atoms with Gasteiger partial charge in [0.05, 0.1) is 26.4 Å². The largest absolute Gasteiger partial charge is 0.491 e. The zero-order valence-corrected chi connectivity index (χ0v) is 20.9. The highest BCUT2D eigenvalue weighted by molar-refractivity contribution is 5.69. The summed E-state index contributed by atoms with van der Waals surface area (Å²) in [4.78, 5) is 21.9. The Morgan fingerprint density at radius 2 is 1.29 bits per heavy atom. The van der Waals surface area contributed by atoms with Gasteiger partial charge >= 0.3 is 11.9 Å². The highest BCUT2D eigenvalue weighted by Crippen LogP contribution is 2.15. The van der Waals surface area contributed by atoms with E-state index in [2.05, 4.69) is 19.1 Å². The van der Waals surface area contributed by atoms with E-state index in [1.807, 2.05) is 12.1 Å². The maximum atomic E-state index is 11.5. The van der Waals surface area contributed by atoms with Gasteiger partial charge in [0.1, 0.15) is 19.0 Å². The topological polar surface area (TPSA) is 91.3 Å². The normalized spacial score (nSPS) is 10.9. The highest BCUT2D eigenvalue weighted by Gasteiger charge is 2.04. The number of esters is 1. The number of unbranched alkanes of at least 4 members (excludes halogenated alkanes) is 7. The molecule has 7 heteroatoms. The van der Waals surface area contributed by atoms with Crippen molar-refractivity contribution in [3.8, 4) is 5.75 Å². The van der Waals surface area contributed by atoms with Crippen LogP contribution in [0.5, 0.6) is 5.75 Å². The number of carbonyl (C=O) groups is 2. The Balaban J connectivity index is 1.90. The van der Waals surface area contributed by atoms with Crippen LogP contribution in [0, 0.1) is 0 Å². The van der Waals surface area contributed by atoms with Crippen LogP contribution >= 0.6 is 0 Å². The van der Waals surface area contributed by atoms with E-state index in [0.717, 1.165) is 12.2 Å². The first-order valence-corrected chi connectivity index (χ1v) is 12.9. The van der Waals surface area contributed by atoms with Crippen LogP contribution in [0.25, 0.3) is 0 Å². The van der Waals surface area contributed by atoms with Gasteiger partial charge in [-0.1, -0.05) is 57.6 Å². The Kier molecular flexibility index (Phi) is 18.8. The van der Waals surface area contributed by atoms with Crippen LogP contribution in [0.4, 0.5) is 0 Å². The summed E-state index contributed by atoms with van der Waals surface area (Å²) < 4.78 is 21.6. The number of carboxylic acids is 1. The maximum Gasteiger partial charge on any atom is 0.305 e. The molecule has 1 N–H and O–H groups in total. The lowest BCUT2D eigenvalue weighted by molar-refractivity contribution is -0.146. The molecule has 0 saturated heterocycles. The van der Waals surface area contributed by atoms with Crippen LogP contribution < -0.4 is 4.74 Å². The predicted molar refractivity (Wildman–Crippen MR) is 132 cm³/mol. The third-order valence-electron chi connectivity index (χ3n) is 5.37. The number of ether oxygens (including phenoxy) is 4. The van der Waals surface area contributed by atoms with Gasteiger partial charge in [-0.3, -0.25) is 9.59 Å². The molecule has 0 unspecified atom stereocenters. The molecule has 0 fully saturated rings. The van der Waals surface area contributed by atoms with Crippen LogP contribution in [-0.4, -0.2) is 56.7 Å². The first-order valence-electron chi connectivity index (χ1n) is 12.9. The third kappa shape index (κ3) is 18.3. The number of aryl methyl sites for hydroxylation is 1. The van der Waals surface area contributed by atoms with Crippen molar-refractivity contribution in [3.63, 3.8) is 0 Å². The SMILES string of the molecule is CCCCCCCCCc1ccc(OCCOCCOCCOC(=O)CCCCC(=O)O)cc1. The van der Waals surface area contributed by atoms with Crippen molar-refractivity contribution in [2.45, 2.75) is 84.0 Å². The minimum absolute atomic E-state index is 0.0765. The summed E-state index contributed by atoms with van der Waals surface area (Å²) in [6.45, 7) is 4.58. The fourth-order valence-electron chi connectivity index (χ4n) is 3.41. The fourth-order valence-corrected chi connectivity index (χ4v) is 3.41. The molecule has 0 saturated carbocycles. The Hall–Kier alpha value is -2.12. The summed E-state index contributed by atoms with van der Waals surface area (Å²) in [5.74, 6) is -0.320.